The summed E-state index contributed by atoms with van der Waals surface area (Å²) in [7, 11) is -3.77. The van der Waals surface area contributed by atoms with E-state index in [1.165, 1.54) is 24.3 Å². The Kier molecular flexibility index (Phi) is 6.67. The Morgan fingerprint density at radius 2 is 1.81 bits per heavy atom. The molecule has 2 aromatic rings. The van der Waals surface area contributed by atoms with Crippen molar-refractivity contribution in [1.29, 1.82) is 0 Å². The Bertz CT molecular complexity index is 880. The molecule has 0 saturated carbocycles. The second kappa shape index (κ2) is 8.56. The molecule has 0 aliphatic carbocycles. The lowest BCUT2D eigenvalue weighted by atomic mass is 10.1. The summed E-state index contributed by atoms with van der Waals surface area (Å²) in [6, 6.07) is 10.9. The van der Waals surface area contributed by atoms with Crippen molar-refractivity contribution in [3.05, 3.63) is 58.6 Å². The van der Waals surface area contributed by atoms with Crippen LogP contribution in [0.25, 0.3) is 0 Å². The minimum Gasteiger partial charge on any atom is -0.350 e. The number of halogens is 1. The first kappa shape index (κ1) is 20.3. The molecule has 0 aromatic heterocycles. The van der Waals surface area contributed by atoms with Gasteiger partial charge in [-0.15, -0.1) is 0 Å². The van der Waals surface area contributed by atoms with Crippen molar-refractivity contribution in [2.75, 3.05) is 4.72 Å². The molecule has 26 heavy (non-hydrogen) atoms. The zero-order valence-electron chi connectivity index (χ0n) is 15.0. The molecule has 5 nitrogen and oxygen atoms in total. The van der Waals surface area contributed by atoms with E-state index in [0.29, 0.717) is 16.3 Å². The molecule has 0 saturated heterocycles. The number of nitrogens with one attached hydrogen (secondary N) is 2. The van der Waals surface area contributed by atoms with Gasteiger partial charge in [0.05, 0.1) is 10.6 Å². The second-order valence-electron chi connectivity index (χ2n) is 6.25. The number of carbonyl (C=O) groups is 1. The molecule has 0 spiro atoms. The van der Waals surface area contributed by atoms with E-state index in [1.807, 2.05) is 6.92 Å². The van der Waals surface area contributed by atoms with Gasteiger partial charge in [-0.25, -0.2) is 8.42 Å². The van der Waals surface area contributed by atoms with Gasteiger partial charge in [-0.2, -0.15) is 0 Å². The van der Waals surface area contributed by atoms with Gasteiger partial charge >= 0.3 is 0 Å². The third-order valence-electron chi connectivity index (χ3n) is 3.97. The predicted octanol–water partition coefficient (Wildman–Crippen LogP) is 4.37. The van der Waals surface area contributed by atoms with Crippen molar-refractivity contribution < 1.29 is 13.2 Å². The highest BCUT2D eigenvalue weighted by Gasteiger charge is 2.17. The molecule has 0 bridgehead atoms. The summed E-state index contributed by atoms with van der Waals surface area (Å²) in [5, 5.41) is 3.37. The van der Waals surface area contributed by atoms with Gasteiger partial charge in [0.2, 0.25) is 0 Å². The van der Waals surface area contributed by atoms with Crippen LogP contribution in [-0.4, -0.2) is 20.4 Å². The molecular weight excluding hydrogens is 372 g/mol. The van der Waals surface area contributed by atoms with Crippen LogP contribution in [0.1, 0.15) is 42.6 Å². The monoisotopic (exact) mass is 394 g/mol. The molecule has 1 unspecified atom stereocenters. The number of benzene rings is 2. The highest BCUT2D eigenvalue weighted by atomic mass is 35.5. The third-order valence-corrected chi connectivity index (χ3v) is 5.60. The number of hydrogen-bond donors (Lipinski definition) is 2. The Morgan fingerprint density at radius 1 is 1.15 bits per heavy atom. The molecule has 0 aliphatic heterocycles. The van der Waals surface area contributed by atoms with Gasteiger partial charge in [-0.1, -0.05) is 31.0 Å². The molecule has 2 rings (SSSR count). The lowest BCUT2D eigenvalue weighted by Gasteiger charge is -2.15. The third kappa shape index (κ3) is 5.22. The molecule has 140 valence electrons. The smallest absolute Gasteiger partial charge is 0.261 e. The van der Waals surface area contributed by atoms with Crippen LogP contribution in [0.2, 0.25) is 5.02 Å². The van der Waals surface area contributed by atoms with E-state index in [1.54, 1.807) is 25.1 Å². The van der Waals surface area contributed by atoms with Crippen LogP contribution in [0.5, 0.6) is 0 Å². The fourth-order valence-electron chi connectivity index (χ4n) is 2.50. The lowest BCUT2D eigenvalue weighted by molar-refractivity contribution is 0.0938. The molecule has 1 amide bonds. The fourth-order valence-corrected chi connectivity index (χ4v) is 3.75. The van der Waals surface area contributed by atoms with Crippen LogP contribution in [0.3, 0.4) is 0 Å². The number of anilines is 1. The number of rotatable bonds is 7. The maximum absolute atomic E-state index is 12.6. The Labute approximate surface area is 159 Å². The Morgan fingerprint density at radius 3 is 2.42 bits per heavy atom. The highest BCUT2D eigenvalue weighted by Crippen LogP contribution is 2.22. The van der Waals surface area contributed by atoms with Crippen molar-refractivity contribution in [2.45, 2.75) is 44.6 Å². The summed E-state index contributed by atoms with van der Waals surface area (Å²) in [4.78, 5) is 12.5. The fraction of sp³-hybridized carbons (Fsp3) is 0.316. The first-order valence-corrected chi connectivity index (χ1v) is 10.3. The number of aryl methyl sites for hydroxylation is 1. The van der Waals surface area contributed by atoms with Crippen LogP contribution >= 0.6 is 11.6 Å². The number of carbonyl (C=O) groups excluding carboxylic acids is 1. The van der Waals surface area contributed by atoms with Crippen LogP contribution in [0.4, 0.5) is 5.69 Å². The lowest BCUT2D eigenvalue weighted by Crippen LogP contribution is -2.32. The number of hydrogen-bond acceptors (Lipinski definition) is 3. The van der Waals surface area contributed by atoms with Crippen molar-refractivity contribution in [2.24, 2.45) is 0 Å². The minimum absolute atomic E-state index is 0.0583. The molecule has 0 heterocycles. The zero-order valence-corrected chi connectivity index (χ0v) is 16.6. The van der Waals surface area contributed by atoms with Gasteiger partial charge in [0.15, 0.2) is 0 Å². The summed E-state index contributed by atoms with van der Waals surface area (Å²) >= 11 is 5.81. The summed E-state index contributed by atoms with van der Waals surface area (Å²) in [6.07, 6.45) is 1.86. The molecule has 0 radical (unpaired) electrons. The molecule has 0 aliphatic rings. The minimum atomic E-state index is -3.77. The largest absolute Gasteiger partial charge is 0.350 e. The van der Waals surface area contributed by atoms with Crippen LogP contribution in [-0.2, 0) is 10.0 Å². The molecule has 7 heteroatoms. The van der Waals surface area contributed by atoms with E-state index < -0.39 is 10.0 Å². The predicted molar refractivity (Wildman–Crippen MR) is 105 cm³/mol. The zero-order chi connectivity index (χ0) is 19.3. The van der Waals surface area contributed by atoms with Gasteiger partial charge in [-0.05, 0) is 62.2 Å². The van der Waals surface area contributed by atoms with E-state index in [2.05, 4.69) is 17.0 Å². The molecule has 2 aromatic carbocycles. The SMILES string of the molecule is CCCC(C)NC(=O)c1ccc(C)c(NS(=O)(=O)c2ccc(Cl)cc2)c1. The second-order valence-corrected chi connectivity index (χ2v) is 8.37. The van der Waals surface area contributed by atoms with Crippen LogP contribution < -0.4 is 10.0 Å². The van der Waals surface area contributed by atoms with Gasteiger partial charge in [0, 0.05) is 16.6 Å². The summed E-state index contributed by atoms with van der Waals surface area (Å²) in [5.74, 6) is -0.224. The topological polar surface area (TPSA) is 75.3 Å². The van der Waals surface area contributed by atoms with Crippen LogP contribution in [0.15, 0.2) is 47.4 Å². The first-order valence-electron chi connectivity index (χ1n) is 8.43. The number of sulfonamides is 1. The van der Waals surface area contributed by atoms with Gasteiger partial charge in [-0.3, -0.25) is 9.52 Å². The summed E-state index contributed by atoms with van der Waals surface area (Å²) in [6.45, 7) is 5.78. The highest BCUT2D eigenvalue weighted by molar-refractivity contribution is 7.92. The van der Waals surface area contributed by atoms with E-state index in [-0.39, 0.29) is 16.8 Å². The molecular formula is C19H23ClN2O3S. The average molecular weight is 395 g/mol. The van der Waals surface area contributed by atoms with Gasteiger partial charge in [0.1, 0.15) is 0 Å². The van der Waals surface area contributed by atoms with E-state index in [4.69, 9.17) is 11.6 Å². The van der Waals surface area contributed by atoms with Crippen molar-refractivity contribution in [3.63, 3.8) is 0 Å². The molecule has 0 fully saturated rings. The standard InChI is InChI=1S/C19H23ClN2O3S/c1-4-5-14(3)21-19(23)15-7-6-13(2)18(12-15)22-26(24,25)17-10-8-16(20)9-11-17/h6-12,14,22H,4-5H2,1-3H3,(H,21,23). The van der Waals surface area contributed by atoms with Gasteiger partial charge in [0.25, 0.3) is 15.9 Å². The Hall–Kier alpha value is -2.05. The van der Waals surface area contributed by atoms with Crippen molar-refractivity contribution in [1.82, 2.24) is 5.32 Å². The molecule has 2 N–H and O–H groups in total. The first-order chi connectivity index (χ1) is 12.2. The van der Waals surface area contributed by atoms with E-state index >= 15 is 0 Å². The van der Waals surface area contributed by atoms with E-state index in [0.717, 1.165) is 18.4 Å². The van der Waals surface area contributed by atoms with Crippen molar-refractivity contribution in [3.8, 4) is 0 Å². The quantitative estimate of drug-likeness (QED) is 0.732. The summed E-state index contributed by atoms with van der Waals surface area (Å²) < 4.78 is 27.7. The average Bonchev–Trinajstić information content (AvgIpc) is 2.57. The summed E-state index contributed by atoms with van der Waals surface area (Å²) in [5.41, 5.74) is 1.50. The maximum Gasteiger partial charge on any atom is 0.261 e. The Balaban J connectivity index is 2.24. The van der Waals surface area contributed by atoms with Gasteiger partial charge < -0.3 is 5.32 Å². The number of amides is 1. The maximum atomic E-state index is 12.6. The van der Waals surface area contributed by atoms with E-state index in [9.17, 15) is 13.2 Å². The van der Waals surface area contributed by atoms with Crippen molar-refractivity contribution >= 4 is 33.2 Å². The normalized spacial score (nSPS) is 12.5. The van der Waals surface area contributed by atoms with Crippen LogP contribution in [0, 0.1) is 6.92 Å². The molecule has 1 atom stereocenters.